The molecule has 1 aromatic heterocycles. The van der Waals surface area contributed by atoms with Crippen LogP contribution in [-0.2, 0) is 6.42 Å². The van der Waals surface area contributed by atoms with Crippen LogP contribution in [0.2, 0.25) is 0 Å². The molecular weight excluding hydrogens is 279 g/mol. The molecule has 0 bridgehead atoms. The van der Waals surface area contributed by atoms with Gasteiger partial charge < -0.3 is 20.7 Å². The summed E-state index contributed by atoms with van der Waals surface area (Å²) < 4.78 is 13.5. The second-order valence-electron chi connectivity index (χ2n) is 4.21. The van der Waals surface area contributed by atoms with Crippen LogP contribution in [0.3, 0.4) is 0 Å². The predicted molar refractivity (Wildman–Crippen MR) is 72.7 cm³/mol. The van der Waals surface area contributed by atoms with Gasteiger partial charge in [0.2, 0.25) is 0 Å². The topological polar surface area (TPSA) is 107 Å². The molecule has 1 aromatic carbocycles. The van der Waals surface area contributed by atoms with Crippen molar-refractivity contribution in [3.05, 3.63) is 47.8 Å². The molecule has 0 aliphatic rings. The fourth-order valence-electron chi connectivity index (χ4n) is 1.65. The summed E-state index contributed by atoms with van der Waals surface area (Å²) in [5, 5.41) is 13.6. The predicted octanol–water partition coefficient (Wildman–Crippen LogP) is 1.61. The van der Waals surface area contributed by atoms with Crippen LogP contribution in [0.15, 0.2) is 30.7 Å². The summed E-state index contributed by atoms with van der Waals surface area (Å²) in [4.78, 5) is 29.1. The van der Waals surface area contributed by atoms with E-state index in [1.807, 2.05) is 0 Å². The van der Waals surface area contributed by atoms with E-state index in [4.69, 9.17) is 5.11 Å². The number of anilines is 1. The molecule has 0 saturated heterocycles. The van der Waals surface area contributed by atoms with Crippen LogP contribution in [0.1, 0.15) is 16.1 Å². The average Bonchev–Trinajstić information content (AvgIpc) is 2.94. The molecule has 21 heavy (non-hydrogen) atoms. The maximum Gasteiger partial charge on any atom is 0.335 e. The molecule has 0 aliphatic heterocycles. The SMILES string of the molecule is O=C(NCCc1cnc[nH]1)Nc1cc(C(=O)O)ccc1F. The number of aromatic carboxylic acids is 1. The number of carbonyl (C=O) groups excluding carboxylic acids is 1. The summed E-state index contributed by atoms with van der Waals surface area (Å²) in [5.74, 6) is -1.90. The monoisotopic (exact) mass is 292 g/mol. The number of hydrogen-bond donors (Lipinski definition) is 4. The number of carboxylic acids is 1. The van der Waals surface area contributed by atoms with E-state index in [9.17, 15) is 14.0 Å². The molecule has 0 saturated carbocycles. The van der Waals surface area contributed by atoms with E-state index >= 15 is 0 Å². The fourth-order valence-corrected chi connectivity index (χ4v) is 1.65. The molecule has 2 aromatic rings. The quantitative estimate of drug-likeness (QED) is 0.671. The van der Waals surface area contributed by atoms with Crippen LogP contribution in [0, 0.1) is 5.82 Å². The van der Waals surface area contributed by atoms with E-state index in [1.165, 1.54) is 6.33 Å². The Labute approximate surface area is 119 Å². The average molecular weight is 292 g/mol. The van der Waals surface area contributed by atoms with E-state index in [2.05, 4.69) is 20.6 Å². The zero-order chi connectivity index (χ0) is 15.2. The van der Waals surface area contributed by atoms with Gasteiger partial charge in [0.05, 0.1) is 17.6 Å². The largest absolute Gasteiger partial charge is 0.478 e. The summed E-state index contributed by atoms with van der Waals surface area (Å²) >= 11 is 0. The lowest BCUT2D eigenvalue weighted by Crippen LogP contribution is -2.30. The van der Waals surface area contributed by atoms with Crippen LogP contribution in [0.4, 0.5) is 14.9 Å². The number of hydrogen-bond acceptors (Lipinski definition) is 3. The van der Waals surface area contributed by atoms with Crippen LogP contribution >= 0.6 is 0 Å². The highest BCUT2D eigenvalue weighted by atomic mass is 19.1. The smallest absolute Gasteiger partial charge is 0.335 e. The van der Waals surface area contributed by atoms with Gasteiger partial charge in [-0.15, -0.1) is 0 Å². The molecule has 8 heteroatoms. The Balaban J connectivity index is 1.90. The first kappa shape index (κ1) is 14.5. The number of aromatic nitrogens is 2. The summed E-state index contributed by atoms with van der Waals surface area (Å²) in [6.07, 6.45) is 3.71. The Morgan fingerprint density at radius 3 is 2.86 bits per heavy atom. The Kier molecular flexibility index (Phi) is 4.50. The first-order valence-corrected chi connectivity index (χ1v) is 6.11. The zero-order valence-electron chi connectivity index (χ0n) is 10.9. The van der Waals surface area contributed by atoms with E-state index in [1.54, 1.807) is 6.20 Å². The maximum atomic E-state index is 13.5. The molecule has 110 valence electrons. The highest BCUT2D eigenvalue weighted by molar-refractivity contribution is 5.93. The van der Waals surface area contributed by atoms with Crippen molar-refractivity contribution in [2.24, 2.45) is 0 Å². The van der Waals surface area contributed by atoms with Crippen molar-refractivity contribution in [1.29, 1.82) is 0 Å². The highest BCUT2D eigenvalue weighted by Gasteiger charge is 2.10. The molecule has 0 spiro atoms. The highest BCUT2D eigenvalue weighted by Crippen LogP contribution is 2.16. The molecular formula is C13H13FN4O3. The minimum atomic E-state index is -1.20. The number of imidazole rings is 1. The number of nitrogens with zero attached hydrogens (tertiary/aromatic N) is 1. The molecule has 7 nitrogen and oxygen atoms in total. The van der Waals surface area contributed by atoms with Gasteiger partial charge in [0.15, 0.2) is 0 Å². The number of H-pyrrole nitrogens is 1. The molecule has 2 amide bonds. The zero-order valence-corrected chi connectivity index (χ0v) is 10.9. The Bertz CT molecular complexity index is 643. The Morgan fingerprint density at radius 2 is 2.19 bits per heavy atom. The molecule has 2 rings (SSSR count). The molecule has 0 fully saturated rings. The lowest BCUT2D eigenvalue weighted by Gasteiger charge is -2.08. The van der Waals surface area contributed by atoms with Gasteiger partial charge >= 0.3 is 12.0 Å². The minimum absolute atomic E-state index is 0.107. The van der Waals surface area contributed by atoms with Crippen molar-refractivity contribution in [2.75, 3.05) is 11.9 Å². The van der Waals surface area contributed by atoms with Gasteiger partial charge in [-0.3, -0.25) is 0 Å². The minimum Gasteiger partial charge on any atom is -0.478 e. The summed E-state index contributed by atoms with van der Waals surface area (Å²) in [5.41, 5.74) is 0.562. The van der Waals surface area contributed by atoms with Crippen molar-refractivity contribution in [3.63, 3.8) is 0 Å². The second-order valence-corrected chi connectivity index (χ2v) is 4.21. The first-order valence-electron chi connectivity index (χ1n) is 6.11. The fraction of sp³-hybridized carbons (Fsp3) is 0.154. The second kappa shape index (κ2) is 6.51. The number of nitrogens with one attached hydrogen (secondary N) is 3. The molecule has 4 N–H and O–H groups in total. The van der Waals surface area contributed by atoms with Gasteiger partial charge in [-0.25, -0.2) is 19.0 Å². The van der Waals surface area contributed by atoms with Crippen molar-refractivity contribution >= 4 is 17.7 Å². The maximum absolute atomic E-state index is 13.5. The van der Waals surface area contributed by atoms with Crippen LogP contribution in [0.5, 0.6) is 0 Å². The van der Waals surface area contributed by atoms with Gasteiger partial charge in [0.25, 0.3) is 0 Å². The number of rotatable bonds is 5. The molecule has 0 aliphatic carbocycles. The summed E-state index contributed by atoms with van der Waals surface area (Å²) in [6.45, 7) is 0.328. The third-order valence-electron chi connectivity index (χ3n) is 2.70. The van der Waals surface area contributed by atoms with Crippen molar-refractivity contribution in [2.45, 2.75) is 6.42 Å². The van der Waals surface area contributed by atoms with Crippen LogP contribution in [0.25, 0.3) is 0 Å². The number of amides is 2. The van der Waals surface area contributed by atoms with E-state index in [0.29, 0.717) is 13.0 Å². The number of halogens is 1. The summed E-state index contributed by atoms with van der Waals surface area (Å²) in [7, 11) is 0. The number of urea groups is 1. The standard InChI is InChI=1S/C13H13FN4O3/c14-10-2-1-8(12(19)20)5-11(10)18-13(21)16-4-3-9-6-15-7-17-9/h1-2,5-7H,3-4H2,(H,15,17)(H,19,20)(H2,16,18,21). The van der Waals surface area contributed by atoms with Gasteiger partial charge in [-0.05, 0) is 18.2 Å². The Morgan fingerprint density at radius 1 is 1.38 bits per heavy atom. The Hall–Kier alpha value is -2.90. The first-order chi connectivity index (χ1) is 10.1. The van der Waals surface area contributed by atoms with Gasteiger partial charge in [-0.2, -0.15) is 0 Å². The number of aromatic amines is 1. The third kappa shape index (κ3) is 4.03. The van der Waals surface area contributed by atoms with Gasteiger partial charge in [-0.1, -0.05) is 0 Å². The number of carboxylic acid groups (broad SMARTS) is 1. The number of carbonyl (C=O) groups is 2. The molecule has 0 radical (unpaired) electrons. The van der Waals surface area contributed by atoms with Crippen molar-refractivity contribution in [3.8, 4) is 0 Å². The molecule has 0 atom stereocenters. The van der Waals surface area contributed by atoms with E-state index < -0.39 is 17.8 Å². The molecule has 1 heterocycles. The van der Waals surface area contributed by atoms with Crippen molar-refractivity contribution < 1.29 is 19.1 Å². The molecule has 0 unspecified atom stereocenters. The van der Waals surface area contributed by atoms with Gasteiger partial charge in [0, 0.05) is 24.9 Å². The van der Waals surface area contributed by atoms with Crippen LogP contribution in [-0.4, -0.2) is 33.6 Å². The third-order valence-corrected chi connectivity index (χ3v) is 2.70. The van der Waals surface area contributed by atoms with E-state index in [-0.39, 0.29) is 11.3 Å². The number of benzene rings is 1. The van der Waals surface area contributed by atoms with Crippen molar-refractivity contribution in [1.82, 2.24) is 15.3 Å². The van der Waals surface area contributed by atoms with Gasteiger partial charge in [0.1, 0.15) is 5.82 Å². The normalized spacial score (nSPS) is 10.1. The lowest BCUT2D eigenvalue weighted by molar-refractivity contribution is 0.0697. The van der Waals surface area contributed by atoms with E-state index in [0.717, 1.165) is 23.9 Å². The van der Waals surface area contributed by atoms with Crippen LogP contribution < -0.4 is 10.6 Å². The summed E-state index contributed by atoms with van der Waals surface area (Å²) in [6, 6.07) is 2.56. The lowest BCUT2D eigenvalue weighted by atomic mass is 10.2.